The van der Waals surface area contributed by atoms with E-state index in [9.17, 15) is 26.3 Å². The van der Waals surface area contributed by atoms with Gasteiger partial charge in [0.2, 0.25) is 0 Å². The van der Waals surface area contributed by atoms with Crippen molar-refractivity contribution in [3.05, 3.63) is 49.3 Å². The van der Waals surface area contributed by atoms with Crippen molar-refractivity contribution >= 4 is 20.2 Å². The number of hydrogen-bond acceptors (Lipinski definition) is 6. The molecule has 0 fully saturated rings. The molecule has 0 atom stereocenters. The van der Waals surface area contributed by atoms with Gasteiger partial charge in [-0.2, -0.15) is 34.8 Å². The van der Waals surface area contributed by atoms with Crippen LogP contribution in [0.5, 0.6) is 0 Å². The molecule has 0 saturated heterocycles. The molecule has 9 nitrogen and oxygen atoms in total. The fourth-order valence-electron chi connectivity index (χ4n) is 1.14. The Morgan fingerprint density at radius 1 is 1.00 bits per heavy atom. The number of aryl methyl sites for hydroxylation is 1. The first-order valence-electron chi connectivity index (χ1n) is 7.86. The van der Waals surface area contributed by atoms with E-state index in [1.807, 2.05) is 6.07 Å². The number of nitrogens with zero attached hydrogens (tertiary/aromatic N) is 2. The molecule has 0 saturated carbocycles. The standard InChI is InChI=1S/C9H14N.C3H4N2.2CHF3O3S/c1-2-3-7-10-8-5-4-6-9-10;1-2-5-3-4-1;2*2-1(3,4)8(5,6)7/h4-6,8-9H,2-3,7H2,1H3;1-3H,(H,4,5);2*(H,5,6,7)/q+1;;;/p-1. The first kappa shape index (κ1) is 30.9. The van der Waals surface area contributed by atoms with Gasteiger partial charge in [-0.05, 0) is 0 Å². The number of aromatic nitrogens is 3. The zero-order valence-corrected chi connectivity index (χ0v) is 17.3. The van der Waals surface area contributed by atoms with Gasteiger partial charge in [-0.15, -0.1) is 0 Å². The Morgan fingerprint density at radius 3 is 1.68 bits per heavy atom. The number of aromatic amines is 1. The van der Waals surface area contributed by atoms with Crippen LogP contribution < -0.4 is 4.57 Å². The minimum absolute atomic E-state index is 1.15. The second kappa shape index (κ2) is 13.9. The summed E-state index contributed by atoms with van der Waals surface area (Å²) in [5.41, 5.74) is -11.2. The molecule has 2 aromatic rings. The van der Waals surface area contributed by atoms with Crippen molar-refractivity contribution in [3.63, 3.8) is 0 Å². The summed E-state index contributed by atoms with van der Waals surface area (Å²) in [5, 5.41) is 0. The molecule has 0 aliphatic rings. The summed E-state index contributed by atoms with van der Waals surface area (Å²) in [5.74, 6) is 0. The molecule has 0 amide bonds. The van der Waals surface area contributed by atoms with Gasteiger partial charge in [-0.1, -0.05) is 19.4 Å². The highest BCUT2D eigenvalue weighted by molar-refractivity contribution is 7.86. The maximum absolute atomic E-state index is 10.7. The van der Waals surface area contributed by atoms with Gasteiger partial charge in [0.25, 0.3) is 0 Å². The molecule has 2 N–H and O–H groups in total. The average molecular weight is 503 g/mol. The Labute approximate surface area is 174 Å². The highest BCUT2D eigenvalue weighted by Crippen LogP contribution is 2.21. The summed E-state index contributed by atoms with van der Waals surface area (Å²) >= 11 is 0. The van der Waals surface area contributed by atoms with Gasteiger partial charge in [-0.3, -0.25) is 4.55 Å². The van der Waals surface area contributed by atoms with Crippen molar-refractivity contribution in [2.45, 2.75) is 37.3 Å². The van der Waals surface area contributed by atoms with Crippen molar-refractivity contribution in [2.75, 3.05) is 0 Å². The molecule has 0 bridgehead atoms. The van der Waals surface area contributed by atoms with Crippen LogP contribution in [0.1, 0.15) is 19.8 Å². The van der Waals surface area contributed by atoms with Crippen LogP contribution in [0.25, 0.3) is 0 Å². The van der Waals surface area contributed by atoms with Crippen LogP contribution in [-0.2, 0) is 26.8 Å². The molecule has 180 valence electrons. The van der Waals surface area contributed by atoms with E-state index in [0.717, 1.165) is 6.54 Å². The maximum Gasteiger partial charge on any atom is 0.522 e. The Bertz CT molecular complexity index is 843. The lowest BCUT2D eigenvalue weighted by Crippen LogP contribution is -2.31. The number of pyridine rings is 1. The predicted octanol–water partition coefficient (Wildman–Crippen LogP) is 2.63. The van der Waals surface area contributed by atoms with Crippen molar-refractivity contribution in [1.82, 2.24) is 9.97 Å². The van der Waals surface area contributed by atoms with Crippen molar-refractivity contribution in [2.24, 2.45) is 0 Å². The number of alkyl halides is 6. The predicted molar refractivity (Wildman–Crippen MR) is 93.5 cm³/mol. The smallest absolute Gasteiger partial charge is 0.522 e. The van der Waals surface area contributed by atoms with E-state index >= 15 is 0 Å². The van der Waals surface area contributed by atoms with Crippen LogP contribution in [0, 0.1) is 0 Å². The highest BCUT2D eigenvalue weighted by Gasteiger charge is 2.44. The molecule has 2 aromatic heterocycles. The molecule has 0 unspecified atom stereocenters. The van der Waals surface area contributed by atoms with E-state index in [4.69, 9.17) is 25.9 Å². The fourth-order valence-corrected chi connectivity index (χ4v) is 1.14. The van der Waals surface area contributed by atoms with E-state index in [1.165, 1.54) is 12.8 Å². The van der Waals surface area contributed by atoms with Crippen LogP contribution in [0.4, 0.5) is 26.3 Å². The molecular formula is C14H19F6N3O6S2. The molecule has 0 aliphatic carbocycles. The average Bonchev–Trinajstić information content (AvgIpc) is 3.18. The topological polar surface area (TPSA) is 144 Å². The first-order valence-corrected chi connectivity index (χ1v) is 10.7. The number of H-pyrrole nitrogens is 1. The van der Waals surface area contributed by atoms with Crippen molar-refractivity contribution in [1.29, 1.82) is 0 Å². The number of halogens is 6. The molecule has 2 heterocycles. The molecular weight excluding hydrogens is 484 g/mol. The minimum atomic E-state index is -6.09. The Kier molecular flexibility index (Phi) is 13.9. The van der Waals surface area contributed by atoms with Gasteiger partial charge in [0.15, 0.2) is 22.5 Å². The van der Waals surface area contributed by atoms with E-state index in [-0.39, 0.29) is 0 Å². The van der Waals surface area contributed by atoms with Crippen LogP contribution in [0.3, 0.4) is 0 Å². The summed E-state index contributed by atoms with van der Waals surface area (Å²) in [6, 6.07) is 6.17. The lowest BCUT2D eigenvalue weighted by Gasteiger charge is -2.08. The number of hydrogen-bond donors (Lipinski definition) is 2. The van der Waals surface area contributed by atoms with Crippen molar-refractivity contribution < 1.29 is 56.9 Å². The Morgan fingerprint density at radius 2 is 1.45 bits per heavy atom. The largest absolute Gasteiger partial charge is 0.741 e. The monoisotopic (exact) mass is 503 g/mol. The SMILES string of the molecule is CCCC[n+]1ccccc1.O=S(=O)(O)C(F)(F)F.O=S(=O)([O-])C(F)(F)F.c1c[nH]cn1. The van der Waals surface area contributed by atoms with E-state index < -0.39 is 31.3 Å². The first-order chi connectivity index (χ1) is 13.9. The third-order valence-electron chi connectivity index (χ3n) is 2.53. The molecule has 0 aliphatic heterocycles. The van der Waals surface area contributed by atoms with E-state index in [1.54, 1.807) is 18.7 Å². The number of unbranched alkanes of at least 4 members (excludes halogenated alkanes) is 1. The van der Waals surface area contributed by atoms with Crippen LogP contribution >= 0.6 is 0 Å². The summed E-state index contributed by atoms with van der Waals surface area (Å²) < 4.78 is 119. The second-order valence-corrected chi connectivity index (χ2v) is 7.83. The zero-order chi connectivity index (χ0) is 24.8. The zero-order valence-electron chi connectivity index (χ0n) is 15.7. The molecule has 0 radical (unpaired) electrons. The van der Waals surface area contributed by atoms with Gasteiger partial charge in [0, 0.05) is 30.9 Å². The van der Waals surface area contributed by atoms with Crippen LogP contribution in [-0.4, -0.2) is 46.9 Å². The summed E-state index contributed by atoms with van der Waals surface area (Å²) in [6.07, 6.45) is 11.8. The Balaban J connectivity index is 0. The van der Waals surface area contributed by atoms with Gasteiger partial charge in [0.05, 0.1) is 6.33 Å². The summed E-state index contributed by atoms with van der Waals surface area (Å²) in [4.78, 5) is 6.42. The molecule has 0 spiro atoms. The van der Waals surface area contributed by atoms with E-state index in [0.29, 0.717) is 0 Å². The van der Waals surface area contributed by atoms with E-state index in [2.05, 4.69) is 46.0 Å². The lowest BCUT2D eigenvalue weighted by molar-refractivity contribution is -0.697. The van der Waals surface area contributed by atoms with Gasteiger partial charge in [0.1, 0.15) is 6.54 Å². The number of rotatable bonds is 3. The van der Waals surface area contributed by atoms with Crippen LogP contribution in [0.2, 0.25) is 0 Å². The van der Waals surface area contributed by atoms with Gasteiger partial charge < -0.3 is 9.54 Å². The highest BCUT2D eigenvalue weighted by atomic mass is 32.2. The third-order valence-corrected chi connectivity index (χ3v) is 3.68. The van der Waals surface area contributed by atoms with Crippen LogP contribution in [0.15, 0.2) is 49.3 Å². The van der Waals surface area contributed by atoms with Gasteiger partial charge in [-0.25, -0.2) is 18.0 Å². The minimum Gasteiger partial charge on any atom is -0.741 e. The molecule has 0 aromatic carbocycles. The summed E-state index contributed by atoms with van der Waals surface area (Å²) in [6.45, 7) is 3.36. The quantitative estimate of drug-likeness (QED) is 0.284. The number of nitrogens with one attached hydrogen (secondary N) is 1. The molecule has 31 heavy (non-hydrogen) atoms. The fraction of sp³-hybridized carbons (Fsp3) is 0.429. The Hall–Kier alpha value is -2.24. The second-order valence-electron chi connectivity index (χ2n) is 5.05. The number of imidazole rings is 1. The lowest BCUT2D eigenvalue weighted by atomic mass is 10.3. The summed E-state index contributed by atoms with van der Waals surface area (Å²) in [7, 11) is -11.9. The van der Waals surface area contributed by atoms with Gasteiger partial charge >= 0.3 is 21.1 Å². The molecule has 2 rings (SSSR count). The third kappa shape index (κ3) is 17.2. The maximum atomic E-state index is 10.7. The normalized spacial score (nSPS) is 11.6. The van der Waals surface area contributed by atoms with Crippen molar-refractivity contribution in [3.8, 4) is 0 Å². The molecule has 17 heteroatoms.